The van der Waals surface area contributed by atoms with Gasteiger partial charge in [-0.1, -0.05) is 12.1 Å². The van der Waals surface area contributed by atoms with Crippen molar-refractivity contribution in [2.75, 3.05) is 30.9 Å². The fourth-order valence-corrected chi connectivity index (χ4v) is 2.65. The number of ether oxygens (including phenoxy) is 2. The van der Waals surface area contributed by atoms with Gasteiger partial charge in [-0.2, -0.15) is 0 Å². The third-order valence-corrected chi connectivity index (χ3v) is 3.98. The lowest BCUT2D eigenvalue weighted by Crippen LogP contribution is -2.21. The van der Waals surface area contributed by atoms with E-state index in [4.69, 9.17) is 9.47 Å². The van der Waals surface area contributed by atoms with Crippen LogP contribution < -0.4 is 10.6 Å². The van der Waals surface area contributed by atoms with Gasteiger partial charge in [0.15, 0.2) is 0 Å². The van der Waals surface area contributed by atoms with Gasteiger partial charge in [0.05, 0.1) is 24.5 Å². The Morgan fingerprint density at radius 1 is 1.31 bits per heavy atom. The van der Waals surface area contributed by atoms with E-state index in [1.807, 2.05) is 0 Å². The molecular formula is C18H20N4O4. The highest BCUT2D eigenvalue weighted by Gasteiger charge is 2.17. The topological polar surface area (TPSA) is 102 Å². The first kappa shape index (κ1) is 17.8. The third kappa shape index (κ3) is 4.34. The quantitative estimate of drug-likeness (QED) is 0.764. The highest BCUT2D eigenvalue weighted by atomic mass is 16.5. The number of amides is 1. The van der Waals surface area contributed by atoms with E-state index in [9.17, 15) is 9.59 Å². The van der Waals surface area contributed by atoms with Gasteiger partial charge in [0, 0.05) is 19.3 Å². The number of methoxy groups -OCH3 is 1. The Kier molecular flexibility index (Phi) is 5.75. The average molecular weight is 356 g/mol. The van der Waals surface area contributed by atoms with E-state index in [-0.39, 0.29) is 17.4 Å². The molecule has 1 aromatic carbocycles. The van der Waals surface area contributed by atoms with Crippen LogP contribution in [0.2, 0.25) is 0 Å². The summed E-state index contributed by atoms with van der Waals surface area (Å²) in [6.45, 7) is 1.37. The number of para-hydroxylation sites is 1. The Labute approximate surface area is 150 Å². The van der Waals surface area contributed by atoms with Crippen molar-refractivity contribution in [3.8, 4) is 0 Å². The molecule has 1 aliphatic rings. The minimum absolute atomic E-state index is 0.142. The van der Waals surface area contributed by atoms with Crippen LogP contribution in [-0.2, 0) is 9.47 Å². The van der Waals surface area contributed by atoms with Crippen LogP contribution in [0.4, 0.5) is 11.6 Å². The summed E-state index contributed by atoms with van der Waals surface area (Å²) in [7, 11) is 1.29. The molecule has 1 aromatic heterocycles. The lowest BCUT2D eigenvalue weighted by molar-refractivity contribution is 0.0602. The lowest BCUT2D eigenvalue weighted by atomic mass is 10.1. The molecule has 1 atom stereocenters. The van der Waals surface area contributed by atoms with E-state index in [2.05, 4.69) is 20.6 Å². The molecule has 2 aromatic rings. The van der Waals surface area contributed by atoms with Crippen LogP contribution >= 0.6 is 0 Å². The zero-order valence-corrected chi connectivity index (χ0v) is 14.4. The molecular weight excluding hydrogens is 336 g/mol. The number of rotatable bonds is 6. The molecule has 0 aliphatic carbocycles. The van der Waals surface area contributed by atoms with Gasteiger partial charge in [0.2, 0.25) is 5.95 Å². The predicted molar refractivity (Wildman–Crippen MR) is 95.2 cm³/mol. The zero-order chi connectivity index (χ0) is 18.4. The first-order valence-corrected chi connectivity index (χ1v) is 8.34. The van der Waals surface area contributed by atoms with E-state index in [0.717, 1.165) is 19.4 Å². The van der Waals surface area contributed by atoms with Gasteiger partial charge >= 0.3 is 5.97 Å². The number of benzene rings is 1. The molecule has 8 heteroatoms. The highest BCUT2D eigenvalue weighted by molar-refractivity contribution is 6.07. The van der Waals surface area contributed by atoms with Crippen molar-refractivity contribution < 1.29 is 19.1 Å². The maximum Gasteiger partial charge on any atom is 0.339 e. The molecule has 0 radical (unpaired) electrons. The summed E-state index contributed by atoms with van der Waals surface area (Å²) >= 11 is 0. The first-order valence-electron chi connectivity index (χ1n) is 8.34. The molecule has 2 N–H and O–H groups in total. The van der Waals surface area contributed by atoms with Crippen molar-refractivity contribution in [2.45, 2.75) is 18.9 Å². The summed E-state index contributed by atoms with van der Waals surface area (Å²) in [6, 6.07) is 8.13. The number of nitrogens with zero attached hydrogens (tertiary/aromatic N) is 2. The van der Waals surface area contributed by atoms with E-state index < -0.39 is 11.9 Å². The Hall–Kier alpha value is -3.00. The minimum Gasteiger partial charge on any atom is -0.465 e. The van der Waals surface area contributed by atoms with E-state index >= 15 is 0 Å². The van der Waals surface area contributed by atoms with Crippen molar-refractivity contribution >= 4 is 23.5 Å². The molecule has 26 heavy (non-hydrogen) atoms. The van der Waals surface area contributed by atoms with Crippen LogP contribution in [0.3, 0.4) is 0 Å². The molecule has 1 aliphatic heterocycles. The highest BCUT2D eigenvalue weighted by Crippen LogP contribution is 2.17. The number of hydrogen-bond acceptors (Lipinski definition) is 7. The summed E-state index contributed by atoms with van der Waals surface area (Å²) in [5.74, 6) is -0.610. The average Bonchev–Trinajstić information content (AvgIpc) is 3.20. The molecule has 136 valence electrons. The van der Waals surface area contributed by atoms with E-state index in [1.165, 1.54) is 19.4 Å². The normalized spacial score (nSPS) is 16.1. The summed E-state index contributed by atoms with van der Waals surface area (Å²) in [4.78, 5) is 32.6. The molecule has 1 amide bonds. The fraction of sp³-hybridized carbons (Fsp3) is 0.333. The van der Waals surface area contributed by atoms with Crippen molar-refractivity contribution in [3.63, 3.8) is 0 Å². The van der Waals surface area contributed by atoms with Crippen LogP contribution in [0.5, 0.6) is 0 Å². The summed E-state index contributed by atoms with van der Waals surface area (Å²) in [6.07, 6.45) is 3.70. The molecule has 1 saturated heterocycles. The van der Waals surface area contributed by atoms with Crippen LogP contribution in [0, 0.1) is 0 Å². The molecule has 2 heterocycles. The Balaban J connectivity index is 1.68. The van der Waals surface area contributed by atoms with E-state index in [1.54, 1.807) is 24.3 Å². The standard InChI is InChI=1S/C18H20N4O4/c1-25-17(24)13-6-2-3-7-14(13)21-16(23)15-8-9-19-18(22-15)20-11-12-5-4-10-26-12/h2-3,6-9,12H,4-5,10-11H2,1H3,(H,21,23)(H,19,20,22). The van der Waals surface area contributed by atoms with Crippen LogP contribution in [0.25, 0.3) is 0 Å². The second-order valence-electron chi connectivity index (χ2n) is 5.77. The summed E-state index contributed by atoms with van der Waals surface area (Å²) in [5.41, 5.74) is 0.820. The summed E-state index contributed by atoms with van der Waals surface area (Å²) < 4.78 is 10.3. The van der Waals surface area contributed by atoms with Gasteiger partial charge in [-0.15, -0.1) is 0 Å². The third-order valence-electron chi connectivity index (χ3n) is 3.98. The molecule has 1 fully saturated rings. The first-order chi connectivity index (χ1) is 12.7. The number of anilines is 2. The largest absolute Gasteiger partial charge is 0.465 e. The van der Waals surface area contributed by atoms with Crippen molar-refractivity contribution in [1.29, 1.82) is 0 Å². The van der Waals surface area contributed by atoms with Crippen molar-refractivity contribution in [3.05, 3.63) is 47.8 Å². The SMILES string of the molecule is COC(=O)c1ccccc1NC(=O)c1ccnc(NCC2CCCO2)n1. The molecule has 3 rings (SSSR count). The van der Waals surface area contributed by atoms with Crippen LogP contribution in [-0.4, -0.2) is 48.2 Å². The molecule has 8 nitrogen and oxygen atoms in total. The van der Waals surface area contributed by atoms with Crippen molar-refractivity contribution in [1.82, 2.24) is 9.97 Å². The molecule has 0 saturated carbocycles. The Morgan fingerprint density at radius 2 is 2.15 bits per heavy atom. The number of carbonyl (C=O) groups excluding carboxylic acids is 2. The maximum atomic E-state index is 12.5. The van der Waals surface area contributed by atoms with Gasteiger partial charge in [-0.25, -0.2) is 14.8 Å². The zero-order valence-electron chi connectivity index (χ0n) is 14.4. The van der Waals surface area contributed by atoms with Gasteiger partial charge in [0.1, 0.15) is 5.69 Å². The van der Waals surface area contributed by atoms with Crippen molar-refractivity contribution in [2.24, 2.45) is 0 Å². The van der Waals surface area contributed by atoms with Gasteiger partial charge < -0.3 is 20.1 Å². The van der Waals surface area contributed by atoms with Gasteiger partial charge in [-0.05, 0) is 31.0 Å². The van der Waals surface area contributed by atoms with Gasteiger partial charge in [0.25, 0.3) is 5.91 Å². The predicted octanol–water partition coefficient (Wildman–Crippen LogP) is 2.11. The lowest BCUT2D eigenvalue weighted by Gasteiger charge is -2.12. The number of nitrogens with one attached hydrogen (secondary N) is 2. The van der Waals surface area contributed by atoms with Gasteiger partial charge in [-0.3, -0.25) is 4.79 Å². The smallest absolute Gasteiger partial charge is 0.339 e. The molecule has 1 unspecified atom stereocenters. The molecule has 0 spiro atoms. The minimum atomic E-state index is -0.525. The Bertz CT molecular complexity index is 790. The van der Waals surface area contributed by atoms with Crippen LogP contribution in [0.1, 0.15) is 33.7 Å². The second kappa shape index (κ2) is 8.39. The molecule has 0 bridgehead atoms. The monoisotopic (exact) mass is 356 g/mol. The number of aromatic nitrogens is 2. The Morgan fingerprint density at radius 3 is 2.92 bits per heavy atom. The number of esters is 1. The number of carbonyl (C=O) groups is 2. The maximum absolute atomic E-state index is 12.5. The van der Waals surface area contributed by atoms with E-state index in [0.29, 0.717) is 18.2 Å². The number of hydrogen-bond donors (Lipinski definition) is 2. The fourth-order valence-electron chi connectivity index (χ4n) is 2.65. The second-order valence-corrected chi connectivity index (χ2v) is 5.77. The van der Waals surface area contributed by atoms with Crippen LogP contribution in [0.15, 0.2) is 36.5 Å². The summed E-state index contributed by atoms with van der Waals surface area (Å²) in [5, 5.41) is 5.77.